The van der Waals surface area contributed by atoms with E-state index < -0.39 is 0 Å². The highest BCUT2D eigenvalue weighted by atomic mass is 16.5. The van der Waals surface area contributed by atoms with Crippen molar-refractivity contribution in [1.29, 1.82) is 0 Å². The second-order valence-corrected chi connectivity index (χ2v) is 8.70. The van der Waals surface area contributed by atoms with Gasteiger partial charge in [0.1, 0.15) is 17.2 Å². The zero-order chi connectivity index (χ0) is 20.4. The average molecular weight is 397 g/mol. The smallest absolute Gasteiger partial charge is 0.227 e. The van der Waals surface area contributed by atoms with E-state index in [9.17, 15) is 4.79 Å². The van der Waals surface area contributed by atoms with Crippen molar-refractivity contribution in [2.24, 2.45) is 5.92 Å². The number of fused-ring (bicyclic) bond motifs is 1. The Morgan fingerprint density at radius 2 is 2.14 bits per heavy atom. The van der Waals surface area contributed by atoms with Crippen molar-refractivity contribution in [3.05, 3.63) is 48.0 Å². The van der Waals surface area contributed by atoms with Crippen LogP contribution in [0.5, 0.6) is 5.75 Å². The Labute approximate surface area is 173 Å². The third kappa shape index (κ3) is 4.17. The summed E-state index contributed by atoms with van der Waals surface area (Å²) in [5, 5.41) is 3.56. The van der Waals surface area contributed by atoms with Gasteiger partial charge in [-0.25, -0.2) is 4.98 Å². The lowest BCUT2D eigenvalue weighted by Crippen LogP contribution is -2.51. The van der Waals surface area contributed by atoms with Gasteiger partial charge in [-0.1, -0.05) is 25.1 Å². The van der Waals surface area contributed by atoms with Crippen molar-refractivity contribution in [1.82, 2.24) is 19.8 Å². The summed E-state index contributed by atoms with van der Waals surface area (Å²) >= 11 is 0. The molecule has 1 aliphatic heterocycles. The SMILES string of the molecule is Cc1nccn1C[C@H](C)C(=O)N(C)C1CCC2(CC1)CNCc1ccccc1O2. The minimum absolute atomic E-state index is 0.0635. The first-order valence-corrected chi connectivity index (χ1v) is 10.7. The molecule has 0 bridgehead atoms. The molecule has 1 N–H and O–H groups in total. The Hall–Kier alpha value is -2.34. The van der Waals surface area contributed by atoms with Crippen LogP contribution in [0.2, 0.25) is 0 Å². The molecule has 2 aliphatic rings. The van der Waals surface area contributed by atoms with Gasteiger partial charge >= 0.3 is 0 Å². The van der Waals surface area contributed by atoms with Crippen LogP contribution in [0.15, 0.2) is 36.7 Å². The summed E-state index contributed by atoms with van der Waals surface area (Å²) < 4.78 is 8.58. The number of hydrogen-bond acceptors (Lipinski definition) is 4. The second kappa shape index (κ2) is 8.19. The molecule has 6 heteroatoms. The number of ether oxygens (including phenoxy) is 1. The molecule has 1 aromatic carbocycles. The average Bonchev–Trinajstić information content (AvgIpc) is 3.03. The van der Waals surface area contributed by atoms with E-state index in [1.165, 1.54) is 5.56 Å². The highest BCUT2D eigenvalue weighted by Crippen LogP contribution is 2.37. The number of amides is 1. The lowest BCUT2D eigenvalue weighted by atomic mass is 9.81. The summed E-state index contributed by atoms with van der Waals surface area (Å²) in [6.45, 7) is 6.38. The van der Waals surface area contributed by atoms with Crippen molar-refractivity contribution in [2.75, 3.05) is 13.6 Å². The van der Waals surface area contributed by atoms with Gasteiger partial charge in [0.2, 0.25) is 5.91 Å². The van der Waals surface area contributed by atoms with Crippen molar-refractivity contribution >= 4 is 5.91 Å². The lowest BCUT2D eigenvalue weighted by Gasteiger charge is -2.42. The number of carbonyl (C=O) groups is 1. The van der Waals surface area contributed by atoms with Gasteiger partial charge in [0, 0.05) is 50.7 Å². The molecule has 0 radical (unpaired) electrons. The number of nitrogens with one attached hydrogen (secondary N) is 1. The van der Waals surface area contributed by atoms with Crippen LogP contribution in [0, 0.1) is 12.8 Å². The third-order valence-electron chi connectivity index (χ3n) is 6.64. The molecular formula is C23H32N4O2. The monoisotopic (exact) mass is 396 g/mol. The van der Waals surface area contributed by atoms with E-state index in [0.29, 0.717) is 6.54 Å². The number of carbonyl (C=O) groups excluding carboxylic acids is 1. The van der Waals surface area contributed by atoms with Crippen molar-refractivity contribution < 1.29 is 9.53 Å². The lowest BCUT2D eigenvalue weighted by molar-refractivity contribution is -0.137. The fraction of sp³-hybridized carbons (Fsp3) is 0.565. The van der Waals surface area contributed by atoms with Gasteiger partial charge < -0.3 is 19.5 Å². The maximum atomic E-state index is 13.0. The topological polar surface area (TPSA) is 59.4 Å². The Balaban J connectivity index is 1.36. The first-order chi connectivity index (χ1) is 14.0. The van der Waals surface area contributed by atoms with Gasteiger partial charge in [-0.05, 0) is 38.7 Å². The van der Waals surface area contributed by atoms with Crippen molar-refractivity contribution in [3.8, 4) is 5.75 Å². The minimum Gasteiger partial charge on any atom is -0.486 e. The summed E-state index contributed by atoms with van der Waals surface area (Å²) in [7, 11) is 1.96. The van der Waals surface area contributed by atoms with E-state index in [2.05, 4.69) is 33.1 Å². The molecule has 1 atom stereocenters. The minimum atomic E-state index is -0.160. The Morgan fingerprint density at radius 1 is 1.38 bits per heavy atom. The standard InChI is InChI=1S/C23H32N4O2/c1-17(15-27-13-12-25-18(27)2)22(28)26(3)20-8-10-23(11-9-20)16-24-14-19-6-4-5-7-21(19)29-23/h4-7,12-13,17,20,24H,8-11,14-16H2,1-3H3/t17-,20?,23?/m0/s1. The predicted octanol–water partition coefficient (Wildman–Crippen LogP) is 3.15. The zero-order valence-corrected chi connectivity index (χ0v) is 17.7. The van der Waals surface area contributed by atoms with Gasteiger partial charge in [0.15, 0.2) is 0 Å². The Kier molecular flexibility index (Phi) is 5.63. The molecule has 2 heterocycles. The number of imidazole rings is 1. The summed E-state index contributed by atoms with van der Waals surface area (Å²) in [5.74, 6) is 2.10. The first-order valence-electron chi connectivity index (χ1n) is 10.7. The fourth-order valence-corrected chi connectivity index (χ4v) is 4.74. The molecule has 156 valence electrons. The molecule has 1 fully saturated rings. The molecule has 29 heavy (non-hydrogen) atoms. The maximum absolute atomic E-state index is 13.0. The molecule has 1 saturated carbocycles. The van der Waals surface area contributed by atoms with Gasteiger partial charge in [-0.3, -0.25) is 4.79 Å². The van der Waals surface area contributed by atoms with E-state index in [4.69, 9.17) is 4.74 Å². The highest BCUT2D eigenvalue weighted by molar-refractivity contribution is 5.78. The van der Waals surface area contributed by atoms with Gasteiger partial charge in [0.05, 0.1) is 5.92 Å². The van der Waals surface area contributed by atoms with Crippen LogP contribution in [0.25, 0.3) is 0 Å². The third-order valence-corrected chi connectivity index (χ3v) is 6.64. The predicted molar refractivity (Wildman–Crippen MR) is 113 cm³/mol. The fourth-order valence-electron chi connectivity index (χ4n) is 4.74. The normalized spacial score (nSPS) is 25.0. The largest absolute Gasteiger partial charge is 0.486 e. The highest BCUT2D eigenvalue weighted by Gasteiger charge is 2.40. The first kappa shape index (κ1) is 20.0. The van der Waals surface area contributed by atoms with Crippen molar-refractivity contribution in [2.45, 2.75) is 64.3 Å². The van der Waals surface area contributed by atoms with Crippen LogP contribution in [-0.4, -0.2) is 45.6 Å². The molecule has 1 amide bonds. The summed E-state index contributed by atoms with van der Waals surface area (Å²) in [4.78, 5) is 19.2. The van der Waals surface area contributed by atoms with Crippen LogP contribution >= 0.6 is 0 Å². The number of rotatable bonds is 4. The van der Waals surface area contributed by atoms with E-state index in [1.807, 2.05) is 38.1 Å². The molecule has 1 aliphatic carbocycles. The van der Waals surface area contributed by atoms with E-state index in [1.54, 1.807) is 6.20 Å². The summed E-state index contributed by atoms with van der Waals surface area (Å²) in [6.07, 6.45) is 7.61. The number of benzene rings is 1. The van der Waals surface area contributed by atoms with Gasteiger partial charge in [-0.2, -0.15) is 0 Å². The van der Waals surface area contributed by atoms with Crippen LogP contribution in [0.4, 0.5) is 0 Å². The van der Waals surface area contributed by atoms with Gasteiger partial charge in [0.25, 0.3) is 0 Å². The van der Waals surface area contributed by atoms with Crippen LogP contribution < -0.4 is 10.1 Å². The number of nitrogens with zero attached hydrogens (tertiary/aromatic N) is 3. The number of para-hydroxylation sites is 1. The molecule has 2 aromatic rings. The van der Waals surface area contributed by atoms with E-state index in [0.717, 1.165) is 50.3 Å². The molecule has 1 spiro atoms. The summed E-state index contributed by atoms with van der Waals surface area (Å²) in [5.41, 5.74) is 1.06. The molecular weight excluding hydrogens is 364 g/mol. The molecule has 4 rings (SSSR count). The quantitative estimate of drug-likeness (QED) is 0.863. The van der Waals surface area contributed by atoms with Crippen LogP contribution in [0.1, 0.15) is 44.0 Å². The zero-order valence-electron chi connectivity index (χ0n) is 17.7. The Morgan fingerprint density at radius 3 is 2.86 bits per heavy atom. The molecule has 0 saturated heterocycles. The maximum Gasteiger partial charge on any atom is 0.227 e. The van der Waals surface area contributed by atoms with Crippen molar-refractivity contribution in [3.63, 3.8) is 0 Å². The number of hydrogen-bond donors (Lipinski definition) is 1. The van der Waals surface area contributed by atoms with E-state index >= 15 is 0 Å². The molecule has 1 aromatic heterocycles. The number of aromatic nitrogens is 2. The van der Waals surface area contributed by atoms with Crippen LogP contribution in [-0.2, 0) is 17.9 Å². The second-order valence-electron chi connectivity index (χ2n) is 8.70. The van der Waals surface area contributed by atoms with E-state index in [-0.39, 0.29) is 23.5 Å². The summed E-state index contributed by atoms with van der Waals surface area (Å²) in [6, 6.07) is 8.58. The van der Waals surface area contributed by atoms with Gasteiger partial charge in [-0.15, -0.1) is 0 Å². The number of aryl methyl sites for hydroxylation is 1. The molecule has 0 unspecified atom stereocenters. The van der Waals surface area contributed by atoms with Crippen LogP contribution in [0.3, 0.4) is 0 Å². The molecule has 6 nitrogen and oxygen atoms in total. The Bertz CT molecular complexity index is 854.